The van der Waals surface area contributed by atoms with Crippen molar-refractivity contribution in [3.63, 3.8) is 0 Å². The number of hydrogen-bond donors (Lipinski definition) is 2. The van der Waals surface area contributed by atoms with Crippen LogP contribution in [0.5, 0.6) is 17.2 Å². The van der Waals surface area contributed by atoms with Crippen LogP contribution in [0.25, 0.3) is 0 Å². The number of hydrogen-bond acceptors (Lipinski definition) is 5. The summed E-state index contributed by atoms with van der Waals surface area (Å²) in [7, 11) is 0. The second-order valence-corrected chi connectivity index (χ2v) is 6.42. The maximum absolute atomic E-state index is 5.92. The highest BCUT2D eigenvalue weighted by atomic mass is 16.5. The van der Waals surface area contributed by atoms with Gasteiger partial charge in [-0.2, -0.15) is 0 Å². The van der Waals surface area contributed by atoms with Gasteiger partial charge in [0.05, 0.1) is 13.2 Å². The molecule has 0 aliphatic heterocycles. The second kappa shape index (κ2) is 11.0. The average Bonchev–Trinajstić information content (AvgIpc) is 2.76. The van der Waals surface area contributed by atoms with E-state index in [1.54, 1.807) is 0 Å². The monoisotopic (exact) mass is 392 g/mol. The van der Waals surface area contributed by atoms with Gasteiger partial charge in [-0.1, -0.05) is 36.4 Å². The van der Waals surface area contributed by atoms with Gasteiger partial charge in [0.25, 0.3) is 0 Å². The van der Waals surface area contributed by atoms with E-state index in [-0.39, 0.29) is 0 Å². The summed E-state index contributed by atoms with van der Waals surface area (Å²) in [6.45, 7) is 6.32. The van der Waals surface area contributed by atoms with Crippen LogP contribution in [0, 0.1) is 0 Å². The van der Waals surface area contributed by atoms with Crippen LogP contribution < -0.4 is 25.1 Å². The van der Waals surface area contributed by atoms with E-state index in [0.29, 0.717) is 26.4 Å². The number of ether oxygens (including phenoxy) is 3. The average molecular weight is 392 g/mol. The number of para-hydroxylation sites is 1. The van der Waals surface area contributed by atoms with Gasteiger partial charge in [-0.3, -0.25) is 0 Å². The fourth-order valence-corrected chi connectivity index (χ4v) is 2.83. The largest absolute Gasteiger partial charge is 0.490 e. The quantitative estimate of drug-likeness (QED) is 0.440. The maximum Gasteiger partial charge on any atom is 0.161 e. The molecule has 5 nitrogen and oxygen atoms in total. The van der Waals surface area contributed by atoms with Crippen LogP contribution in [-0.2, 0) is 13.2 Å². The first-order valence-electron chi connectivity index (χ1n) is 9.92. The summed E-state index contributed by atoms with van der Waals surface area (Å²) < 4.78 is 17.2. The molecule has 3 aromatic rings. The van der Waals surface area contributed by atoms with E-state index < -0.39 is 0 Å². The molecule has 3 aromatic carbocycles. The zero-order valence-electron chi connectivity index (χ0n) is 17.0. The Labute approximate surface area is 172 Å². The minimum atomic E-state index is 0.472. The fraction of sp³-hybridized carbons (Fsp3) is 0.250. The van der Waals surface area contributed by atoms with Crippen molar-refractivity contribution >= 4 is 5.69 Å². The molecule has 0 saturated heterocycles. The molecule has 0 radical (unpaired) electrons. The number of nitrogens with one attached hydrogen (secondary N) is 2. The Balaban J connectivity index is 1.50. The molecule has 0 atom stereocenters. The summed E-state index contributed by atoms with van der Waals surface area (Å²) >= 11 is 0. The minimum absolute atomic E-state index is 0.472. The summed E-state index contributed by atoms with van der Waals surface area (Å²) in [5, 5.41) is 0. The highest BCUT2D eigenvalue weighted by Gasteiger charge is 2.07. The summed E-state index contributed by atoms with van der Waals surface area (Å²) in [5.74, 6) is 2.35. The first-order valence-corrected chi connectivity index (χ1v) is 9.92. The standard InChI is InChI=1S/C24H28N2O3/c1-3-27-23-15-12-20(16-24(23)28-4-2)18-29-22-13-10-19(11-14-22)17-25-26-21-8-6-5-7-9-21/h5-16,25-26H,3-4,17-18H2,1-2H3. The third kappa shape index (κ3) is 6.43. The molecule has 5 heteroatoms. The SMILES string of the molecule is CCOc1ccc(COc2ccc(CNNc3ccccc3)cc2)cc1OCC. The lowest BCUT2D eigenvalue weighted by Crippen LogP contribution is -2.20. The fourth-order valence-electron chi connectivity index (χ4n) is 2.83. The van der Waals surface area contributed by atoms with E-state index in [1.165, 1.54) is 5.56 Å². The van der Waals surface area contributed by atoms with E-state index in [4.69, 9.17) is 14.2 Å². The van der Waals surface area contributed by atoms with Gasteiger partial charge in [-0.05, 0) is 61.4 Å². The summed E-state index contributed by atoms with van der Waals surface area (Å²) in [5.41, 5.74) is 9.63. The zero-order chi connectivity index (χ0) is 20.3. The first-order chi connectivity index (χ1) is 14.3. The molecule has 3 rings (SSSR count). The van der Waals surface area contributed by atoms with E-state index in [2.05, 4.69) is 23.0 Å². The van der Waals surface area contributed by atoms with Crippen molar-refractivity contribution in [3.8, 4) is 17.2 Å². The smallest absolute Gasteiger partial charge is 0.161 e. The van der Waals surface area contributed by atoms with E-state index in [1.807, 2.05) is 74.5 Å². The molecule has 29 heavy (non-hydrogen) atoms. The highest BCUT2D eigenvalue weighted by Crippen LogP contribution is 2.29. The molecular weight excluding hydrogens is 364 g/mol. The second-order valence-electron chi connectivity index (χ2n) is 6.42. The van der Waals surface area contributed by atoms with Crippen molar-refractivity contribution in [2.24, 2.45) is 0 Å². The van der Waals surface area contributed by atoms with Crippen LogP contribution in [0.15, 0.2) is 72.8 Å². The lowest BCUT2D eigenvalue weighted by Gasteiger charge is -2.13. The minimum Gasteiger partial charge on any atom is -0.490 e. The Morgan fingerprint density at radius 3 is 2.10 bits per heavy atom. The molecule has 0 spiro atoms. The molecule has 0 amide bonds. The molecule has 0 aliphatic rings. The summed E-state index contributed by atoms with van der Waals surface area (Å²) in [6, 6.07) is 24.0. The zero-order valence-corrected chi connectivity index (χ0v) is 17.0. The number of hydrazine groups is 1. The van der Waals surface area contributed by atoms with Crippen LogP contribution in [0.3, 0.4) is 0 Å². The highest BCUT2D eigenvalue weighted by molar-refractivity contribution is 5.43. The first kappa shape index (κ1) is 20.6. The van der Waals surface area contributed by atoms with Crippen molar-refractivity contribution in [1.82, 2.24) is 5.43 Å². The van der Waals surface area contributed by atoms with Gasteiger partial charge in [-0.15, -0.1) is 0 Å². The Kier molecular flexibility index (Phi) is 7.78. The molecule has 0 aliphatic carbocycles. The van der Waals surface area contributed by atoms with Gasteiger partial charge < -0.3 is 19.6 Å². The maximum atomic E-state index is 5.92. The number of rotatable bonds is 11. The van der Waals surface area contributed by atoms with Gasteiger partial charge in [0.2, 0.25) is 0 Å². The van der Waals surface area contributed by atoms with Gasteiger partial charge in [-0.25, -0.2) is 5.43 Å². The molecule has 0 fully saturated rings. The van der Waals surface area contributed by atoms with Crippen molar-refractivity contribution in [2.75, 3.05) is 18.6 Å². The Morgan fingerprint density at radius 1 is 0.690 bits per heavy atom. The van der Waals surface area contributed by atoms with E-state index in [9.17, 15) is 0 Å². The van der Waals surface area contributed by atoms with Crippen molar-refractivity contribution in [3.05, 3.63) is 83.9 Å². The van der Waals surface area contributed by atoms with Crippen LogP contribution in [0.4, 0.5) is 5.69 Å². The Hall–Kier alpha value is -3.18. The lowest BCUT2D eigenvalue weighted by molar-refractivity contribution is 0.283. The predicted molar refractivity (Wildman–Crippen MR) is 116 cm³/mol. The van der Waals surface area contributed by atoms with Gasteiger partial charge in [0, 0.05) is 12.2 Å². The third-order valence-electron chi connectivity index (χ3n) is 4.24. The van der Waals surface area contributed by atoms with E-state index >= 15 is 0 Å². The Bertz CT molecular complexity index is 867. The lowest BCUT2D eigenvalue weighted by atomic mass is 10.2. The topological polar surface area (TPSA) is 51.8 Å². The third-order valence-corrected chi connectivity index (χ3v) is 4.24. The molecule has 0 unspecified atom stereocenters. The molecule has 0 saturated carbocycles. The molecule has 0 aromatic heterocycles. The van der Waals surface area contributed by atoms with Crippen LogP contribution >= 0.6 is 0 Å². The predicted octanol–water partition coefficient (Wildman–Crippen LogP) is 5.18. The molecule has 0 heterocycles. The summed E-state index contributed by atoms with van der Waals surface area (Å²) in [6.07, 6.45) is 0. The van der Waals surface area contributed by atoms with Crippen LogP contribution in [-0.4, -0.2) is 13.2 Å². The van der Waals surface area contributed by atoms with Crippen molar-refractivity contribution in [2.45, 2.75) is 27.0 Å². The van der Waals surface area contributed by atoms with Crippen molar-refractivity contribution in [1.29, 1.82) is 0 Å². The molecule has 0 bridgehead atoms. The van der Waals surface area contributed by atoms with Gasteiger partial charge >= 0.3 is 0 Å². The molecular formula is C24H28N2O3. The van der Waals surface area contributed by atoms with Crippen LogP contribution in [0.2, 0.25) is 0 Å². The van der Waals surface area contributed by atoms with Gasteiger partial charge in [0.15, 0.2) is 11.5 Å². The normalized spacial score (nSPS) is 10.4. The summed E-state index contributed by atoms with van der Waals surface area (Å²) in [4.78, 5) is 0. The Morgan fingerprint density at radius 2 is 1.38 bits per heavy atom. The molecule has 2 N–H and O–H groups in total. The molecule has 152 valence electrons. The van der Waals surface area contributed by atoms with Gasteiger partial charge in [0.1, 0.15) is 12.4 Å². The van der Waals surface area contributed by atoms with Crippen LogP contribution in [0.1, 0.15) is 25.0 Å². The van der Waals surface area contributed by atoms with Crippen molar-refractivity contribution < 1.29 is 14.2 Å². The number of anilines is 1. The van der Waals surface area contributed by atoms with E-state index in [0.717, 1.165) is 28.5 Å². The number of benzene rings is 3.